The van der Waals surface area contributed by atoms with Gasteiger partial charge in [-0.1, -0.05) is 13.3 Å². The van der Waals surface area contributed by atoms with Crippen LogP contribution in [0.5, 0.6) is 0 Å². The third kappa shape index (κ3) is 3.19. The monoisotopic (exact) mass is 262 g/mol. The lowest BCUT2D eigenvalue weighted by Gasteiger charge is -2.26. The molecule has 104 valence electrons. The molecular formula is C15H22N2O2. The maximum Gasteiger partial charge on any atom is 0.337 e. The van der Waals surface area contributed by atoms with Gasteiger partial charge in [0.25, 0.3) is 0 Å². The summed E-state index contributed by atoms with van der Waals surface area (Å²) in [5, 5.41) is 0. The number of carbonyl (C=O) groups excluding carboxylic acids is 1. The first-order valence-electron chi connectivity index (χ1n) is 6.91. The van der Waals surface area contributed by atoms with Crippen LogP contribution in [0.3, 0.4) is 0 Å². The van der Waals surface area contributed by atoms with Crippen molar-refractivity contribution in [3.8, 4) is 0 Å². The summed E-state index contributed by atoms with van der Waals surface area (Å²) in [5.41, 5.74) is 8.34. The molecule has 0 amide bonds. The van der Waals surface area contributed by atoms with Gasteiger partial charge in [0.1, 0.15) is 0 Å². The number of hydrogen-bond acceptors (Lipinski definition) is 4. The van der Waals surface area contributed by atoms with Crippen molar-refractivity contribution in [3.05, 3.63) is 23.8 Å². The molecule has 0 atom stereocenters. The van der Waals surface area contributed by atoms with Gasteiger partial charge in [-0.15, -0.1) is 0 Å². The molecule has 2 N–H and O–H groups in total. The van der Waals surface area contributed by atoms with Crippen molar-refractivity contribution in [3.63, 3.8) is 0 Å². The van der Waals surface area contributed by atoms with Gasteiger partial charge in [-0.25, -0.2) is 4.79 Å². The van der Waals surface area contributed by atoms with Gasteiger partial charge in [0, 0.05) is 12.6 Å². The Morgan fingerprint density at radius 2 is 2.21 bits per heavy atom. The Kier molecular flexibility index (Phi) is 4.30. The van der Waals surface area contributed by atoms with Gasteiger partial charge >= 0.3 is 5.97 Å². The SMILES string of the molecule is CCCCN(c1cc(C(=O)OC)ccc1N)C1CC1. The van der Waals surface area contributed by atoms with E-state index in [0.29, 0.717) is 11.6 Å². The van der Waals surface area contributed by atoms with E-state index in [0.717, 1.165) is 30.8 Å². The average Bonchev–Trinajstić information content (AvgIpc) is 3.24. The molecule has 4 nitrogen and oxygen atoms in total. The Morgan fingerprint density at radius 3 is 2.79 bits per heavy atom. The Morgan fingerprint density at radius 1 is 1.47 bits per heavy atom. The van der Waals surface area contributed by atoms with Crippen LogP contribution in [0.1, 0.15) is 43.0 Å². The molecule has 1 aromatic rings. The van der Waals surface area contributed by atoms with Crippen molar-refractivity contribution in [2.45, 2.75) is 38.6 Å². The second-order valence-corrected chi connectivity index (χ2v) is 5.04. The highest BCUT2D eigenvalue weighted by atomic mass is 16.5. The zero-order valence-corrected chi connectivity index (χ0v) is 11.7. The molecular weight excluding hydrogens is 240 g/mol. The largest absolute Gasteiger partial charge is 0.465 e. The van der Waals surface area contributed by atoms with Crippen LogP contribution >= 0.6 is 0 Å². The number of nitrogens with two attached hydrogens (primary N) is 1. The minimum absolute atomic E-state index is 0.313. The average molecular weight is 262 g/mol. The molecule has 1 aliphatic rings. The van der Waals surface area contributed by atoms with Gasteiger partial charge in [0.15, 0.2) is 0 Å². The molecule has 4 heteroatoms. The number of hydrogen-bond donors (Lipinski definition) is 1. The number of esters is 1. The summed E-state index contributed by atoms with van der Waals surface area (Å²) < 4.78 is 4.77. The van der Waals surface area contributed by atoms with Gasteiger partial charge in [0.05, 0.1) is 24.0 Å². The number of methoxy groups -OCH3 is 1. The second-order valence-electron chi connectivity index (χ2n) is 5.04. The molecule has 0 bridgehead atoms. The van der Waals surface area contributed by atoms with Gasteiger partial charge in [0.2, 0.25) is 0 Å². The van der Waals surface area contributed by atoms with Crippen LogP contribution in [-0.2, 0) is 4.74 Å². The first-order valence-corrected chi connectivity index (χ1v) is 6.91. The summed E-state index contributed by atoms with van der Waals surface area (Å²) in [4.78, 5) is 14.0. The minimum atomic E-state index is -0.313. The molecule has 0 unspecified atom stereocenters. The molecule has 19 heavy (non-hydrogen) atoms. The topological polar surface area (TPSA) is 55.6 Å². The minimum Gasteiger partial charge on any atom is -0.465 e. The van der Waals surface area contributed by atoms with Crippen molar-refractivity contribution in [2.24, 2.45) is 0 Å². The molecule has 1 aliphatic carbocycles. The van der Waals surface area contributed by atoms with Crippen molar-refractivity contribution in [1.82, 2.24) is 0 Å². The molecule has 0 aliphatic heterocycles. The van der Waals surface area contributed by atoms with Crippen LogP contribution in [0.2, 0.25) is 0 Å². The maximum atomic E-state index is 11.6. The summed E-state index contributed by atoms with van der Waals surface area (Å²) in [6.07, 6.45) is 4.72. The Bertz CT molecular complexity index is 455. The first kappa shape index (κ1) is 13.7. The van der Waals surface area contributed by atoms with Crippen LogP contribution in [0.4, 0.5) is 11.4 Å². The number of anilines is 2. The molecule has 1 aromatic carbocycles. The van der Waals surface area contributed by atoms with Crippen molar-refractivity contribution < 1.29 is 9.53 Å². The third-order valence-corrected chi connectivity index (χ3v) is 3.50. The van der Waals surface area contributed by atoms with Gasteiger partial charge in [-0.2, -0.15) is 0 Å². The van der Waals surface area contributed by atoms with Crippen LogP contribution in [-0.4, -0.2) is 25.7 Å². The molecule has 0 spiro atoms. The zero-order valence-electron chi connectivity index (χ0n) is 11.7. The molecule has 2 rings (SSSR count). The fourth-order valence-corrected chi connectivity index (χ4v) is 2.25. The molecule has 0 aromatic heterocycles. The highest BCUT2D eigenvalue weighted by Gasteiger charge is 2.30. The lowest BCUT2D eigenvalue weighted by Crippen LogP contribution is -2.27. The van der Waals surface area contributed by atoms with Gasteiger partial charge < -0.3 is 15.4 Å². The van der Waals surface area contributed by atoms with E-state index < -0.39 is 0 Å². The summed E-state index contributed by atoms with van der Waals surface area (Å²) in [6, 6.07) is 5.95. The standard InChI is InChI=1S/C15H22N2O2/c1-3-4-9-17(12-6-7-12)14-10-11(15(18)19-2)5-8-13(14)16/h5,8,10,12H,3-4,6-7,9,16H2,1-2H3. The maximum absolute atomic E-state index is 11.6. The van der Waals surface area contributed by atoms with E-state index in [1.165, 1.54) is 20.0 Å². The lowest BCUT2D eigenvalue weighted by atomic mass is 10.1. The molecule has 0 radical (unpaired) electrons. The highest BCUT2D eigenvalue weighted by molar-refractivity contribution is 5.92. The molecule has 0 saturated heterocycles. The van der Waals surface area contributed by atoms with E-state index in [2.05, 4.69) is 11.8 Å². The fourth-order valence-electron chi connectivity index (χ4n) is 2.25. The van der Waals surface area contributed by atoms with E-state index in [1.54, 1.807) is 12.1 Å². The zero-order chi connectivity index (χ0) is 13.8. The number of nitrogens with zero attached hydrogens (tertiary/aromatic N) is 1. The first-order chi connectivity index (χ1) is 9.17. The Hall–Kier alpha value is -1.71. The molecule has 1 saturated carbocycles. The second kappa shape index (κ2) is 5.95. The normalized spacial score (nSPS) is 14.2. The molecule has 0 heterocycles. The number of carbonyl (C=O) groups is 1. The summed E-state index contributed by atoms with van der Waals surface area (Å²) in [7, 11) is 1.40. The number of benzene rings is 1. The summed E-state index contributed by atoms with van der Waals surface area (Å²) in [6.45, 7) is 3.18. The van der Waals surface area contributed by atoms with Crippen LogP contribution in [0, 0.1) is 0 Å². The Balaban J connectivity index is 2.26. The highest BCUT2D eigenvalue weighted by Crippen LogP contribution is 2.35. The smallest absolute Gasteiger partial charge is 0.337 e. The van der Waals surface area contributed by atoms with Crippen LogP contribution in [0.25, 0.3) is 0 Å². The quantitative estimate of drug-likeness (QED) is 0.632. The Labute approximate surface area is 114 Å². The number of unbranched alkanes of at least 4 members (excludes halogenated alkanes) is 1. The van der Waals surface area contributed by atoms with E-state index >= 15 is 0 Å². The lowest BCUT2D eigenvalue weighted by molar-refractivity contribution is 0.0601. The predicted octanol–water partition coefficient (Wildman–Crippen LogP) is 2.82. The van der Waals surface area contributed by atoms with Crippen molar-refractivity contribution in [1.29, 1.82) is 0 Å². The van der Waals surface area contributed by atoms with E-state index in [-0.39, 0.29) is 5.97 Å². The van der Waals surface area contributed by atoms with Crippen molar-refractivity contribution in [2.75, 3.05) is 24.3 Å². The van der Waals surface area contributed by atoms with Crippen LogP contribution < -0.4 is 10.6 Å². The van der Waals surface area contributed by atoms with E-state index in [9.17, 15) is 4.79 Å². The van der Waals surface area contributed by atoms with Gasteiger partial charge in [-0.3, -0.25) is 0 Å². The number of nitrogen functional groups attached to an aromatic ring is 1. The van der Waals surface area contributed by atoms with Gasteiger partial charge in [-0.05, 0) is 37.5 Å². The third-order valence-electron chi connectivity index (χ3n) is 3.50. The van der Waals surface area contributed by atoms with E-state index in [1.807, 2.05) is 6.07 Å². The number of ether oxygens (including phenoxy) is 1. The fraction of sp³-hybridized carbons (Fsp3) is 0.533. The predicted molar refractivity (Wildman–Crippen MR) is 77.5 cm³/mol. The van der Waals surface area contributed by atoms with Crippen molar-refractivity contribution >= 4 is 17.3 Å². The summed E-state index contributed by atoms with van der Waals surface area (Å²) in [5.74, 6) is -0.313. The summed E-state index contributed by atoms with van der Waals surface area (Å²) >= 11 is 0. The number of rotatable bonds is 6. The van der Waals surface area contributed by atoms with Crippen LogP contribution in [0.15, 0.2) is 18.2 Å². The van der Waals surface area contributed by atoms with E-state index in [4.69, 9.17) is 10.5 Å². The molecule has 1 fully saturated rings.